The van der Waals surface area contributed by atoms with Crippen LogP contribution in [-0.4, -0.2) is 14.2 Å². The van der Waals surface area contributed by atoms with E-state index in [4.69, 9.17) is 15.2 Å². The molecule has 0 heterocycles. The molecule has 2 rings (SSSR count). The maximum Gasteiger partial charge on any atom is 0.124 e. The molecule has 0 saturated heterocycles. The van der Waals surface area contributed by atoms with Gasteiger partial charge >= 0.3 is 0 Å². The van der Waals surface area contributed by atoms with Crippen molar-refractivity contribution in [1.82, 2.24) is 0 Å². The van der Waals surface area contributed by atoms with Crippen LogP contribution in [0.15, 0.2) is 52.3 Å². The number of benzene rings is 2. The second-order valence-corrected chi connectivity index (χ2v) is 5.56. The number of rotatable bonds is 5. The van der Waals surface area contributed by atoms with Crippen LogP contribution in [-0.2, 0) is 0 Å². The maximum absolute atomic E-state index is 6.08. The highest BCUT2D eigenvalue weighted by Crippen LogP contribution is 2.38. The zero-order valence-electron chi connectivity index (χ0n) is 11.9. The van der Waals surface area contributed by atoms with Crippen molar-refractivity contribution in [3.8, 4) is 11.5 Å². The van der Waals surface area contributed by atoms with Crippen LogP contribution in [0.3, 0.4) is 0 Å². The lowest BCUT2D eigenvalue weighted by molar-refractivity contribution is 0.405. The molecule has 2 N–H and O–H groups in total. The molecule has 0 aliphatic rings. The Morgan fingerprint density at radius 3 is 2.45 bits per heavy atom. The lowest BCUT2D eigenvalue weighted by atomic mass is 10.1. The first kappa shape index (κ1) is 14.8. The molecule has 1 atom stereocenters. The summed E-state index contributed by atoms with van der Waals surface area (Å²) in [7, 11) is 3.34. The molecule has 20 heavy (non-hydrogen) atoms. The van der Waals surface area contributed by atoms with Gasteiger partial charge in [0.25, 0.3) is 0 Å². The summed E-state index contributed by atoms with van der Waals surface area (Å²) in [4.78, 5) is 2.21. The van der Waals surface area contributed by atoms with Gasteiger partial charge in [-0.25, -0.2) is 0 Å². The number of nitrogens with two attached hydrogens (primary N) is 1. The topological polar surface area (TPSA) is 44.5 Å². The zero-order valence-corrected chi connectivity index (χ0v) is 12.7. The quantitative estimate of drug-likeness (QED) is 0.907. The summed E-state index contributed by atoms with van der Waals surface area (Å²) in [6.45, 7) is 1.97. The lowest BCUT2D eigenvalue weighted by Gasteiger charge is -2.16. The van der Waals surface area contributed by atoms with Gasteiger partial charge in [-0.3, -0.25) is 0 Å². The van der Waals surface area contributed by atoms with Crippen LogP contribution in [0.2, 0.25) is 0 Å². The summed E-state index contributed by atoms with van der Waals surface area (Å²) < 4.78 is 10.7. The molecule has 0 unspecified atom stereocenters. The molecule has 2 aromatic carbocycles. The predicted molar refractivity (Wildman–Crippen MR) is 82.7 cm³/mol. The van der Waals surface area contributed by atoms with Gasteiger partial charge in [-0.05, 0) is 37.3 Å². The van der Waals surface area contributed by atoms with Crippen molar-refractivity contribution in [2.45, 2.75) is 22.8 Å². The van der Waals surface area contributed by atoms with E-state index in [-0.39, 0.29) is 6.04 Å². The van der Waals surface area contributed by atoms with Crippen LogP contribution in [0.5, 0.6) is 11.5 Å². The van der Waals surface area contributed by atoms with Gasteiger partial charge in [0.2, 0.25) is 0 Å². The Morgan fingerprint density at radius 1 is 1.05 bits per heavy atom. The van der Waals surface area contributed by atoms with E-state index in [1.165, 1.54) is 0 Å². The number of hydrogen-bond acceptors (Lipinski definition) is 4. The third-order valence-electron chi connectivity index (χ3n) is 2.97. The van der Waals surface area contributed by atoms with E-state index in [2.05, 4.69) is 12.1 Å². The van der Waals surface area contributed by atoms with Gasteiger partial charge in [-0.1, -0.05) is 23.9 Å². The van der Waals surface area contributed by atoms with Gasteiger partial charge in [0.15, 0.2) is 0 Å². The van der Waals surface area contributed by atoms with Gasteiger partial charge in [-0.15, -0.1) is 0 Å². The van der Waals surface area contributed by atoms with Crippen molar-refractivity contribution in [1.29, 1.82) is 0 Å². The summed E-state index contributed by atoms with van der Waals surface area (Å²) in [6.07, 6.45) is 0. The minimum Gasteiger partial charge on any atom is -0.497 e. The molecule has 0 radical (unpaired) electrons. The highest BCUT2D eigenvalue weighted by atomic mass is 32.2. The Balaban J connectivity index is 2.37. The lowest BCUT2D eigenvalue weighted by Crippen LogP contribution is -2.08. The fraction of sp³-hybridized carbons (Fsp3) is 0.250. The van der Waals surface area contributed by atoms with Crippen LogP contribution < -0.4 is 15.2 Å². The van der Waals surface area contributed by atoms with Crippen molar-refractivity contribution in [2.75, 3.05) is 14.2 Å². The van der Waals surface area contributed by atoms with Crippen LogP contribution >= 0.6 is 11.8 Å². The van der Waals surface area contributed by atoms with Crippen LogP contribution in [0, 0.1) is 0 Å². The van der Waals surface area contributed by atoms with E-state index in [1.807, 2.05) is 37.3 Å². The van der Waals surface area contributed by atoms with E-state index in [1.54, 1.807) is 26.0 Å². The van der Waals surface area contributed by atoms with Gasteiger partial charge in [0.05, 0.1) is 14.2 Å². The van der Waals surface area contributed by atoms with Crippen LogP contribution in [0.4, 0.5) is 0 Å². The Morgan fingerprint density at radius 2 is 1.80 bits per heavy atom. The fourth-order valence-corrected chi connectivity index (χ4v) is 3.15. The monoisotopic (exact) mass is 289 g/mol. The average molecular weight is 289 g/mol. The Kier molecular flexibility index (Phi) is 4.93. The number of methoxy groups -OCH3 is 2. The normalized spacial score (nSPS) is 12.0. The first-order chi connectivity index (χ1) is 9.65. The minimum atomic E-state index is -0.0840. The van der Waals surface area contributed by atoms with E-state index in [0.717, 1.165) is 26.9 Å². The van der Waals surface area contributed by atoms with E-state index in [0.29, 0.717) is 0 Å². The second-order valence-electron chi connectivity index (χ2n) is 4.44. The average Bonchev–Trinajstić information content (AvgIpc) is 2.46. The predicted octanol–water partition coefficient (Wildman–Crippen LogP) is 3.87. The summed E-state index contributed by atoms with van der Waals surface area (Å²) in [5, 5.41) is 0. The minimum absolute atomic E-state index is 0.0840. The van der Waals surface area contributed by atoms with Crippen molar-refractivity contribution in [2.24, 2.45) is 5.73 Å². The SMILES string of the molecule is COc1cccc(Sc2cccc(OC)c2[C@H](C)N)c1. The summed E-state index contributed by atoms with van der Waals surface area (Å²) in [6, 6.07) is 13.9. The highest BCUT2D eigenvalue weighted by molar-refractivity contribution is 7.99. The Bertz CT molecular complexity index is 584. The van der Waals surface area contributed by atoms with Crippen molar-refractivity contribution >= 4 is 11.8 Å². The molecular formula is C16H19NO2S. The number of ether oxygens (including phenoxy) is 2. The van der Waals surface area contributed by atoms with Crippen LogP contribution in [0.25, 0.3) is 0 Å². The summed E-state index contributed by atoms with van der Waals surface area (Å²) >= 11 is 1.66. The Hall–Kier alpha value is -1.65. The first-order valence-electron chi connectivity index (χ1n) is 6.40. The molecule has 0 aromatic heterocycles. The van der Waals surface area contributed by atoms with Crippen molar-refractivity contribution in [3.05, 3.63) is 48.0 Å². The third-order valence-corrected chi connectivity index (χ3v) is 4.04. The molecule has 3 nitrogen and oxygen atoms in total. The van der Waals surface area contributed by atoms with Gasteiger partial charge in [-0.2, -0.15) is 0 Å². The molecule has 0 spiro atoms. The molecular weight excluding hydrogens is 270 g/mol. The smallest absolute Gasteiger partial charge is 0.124 e. The molecule has 0 saturated carbocycles. The molecule has 0 fully saturated rings. The third kappa shape index (κ3) is 3.26. The van der Waals surface area contributed by atoms with E-state index in [9.17, 15) is 0 Å². The molecule has 0 aliphatic heterocycles. The molecule has 4 heteroatoms. The molecule has 106 valence electrons. The largest absolute Gasteiger partial charge is 0.497 e. The van der Waals surface area contributed by atoms with Crippen molar-refractivity contribution < 1.29 is 9.47 Å². The number of hydrogen-bond donors (Lipinski definition) is 1. The van der Waals surface area contributed by atoms with Gasteiger partial charge in [0, 0.05) is 21.4 Å². The maximum atomic E-state index is 6.08. The molecule has 0 aliphatic carbocycles. The highest BCUT2D eigenvalue weighted by Gasteiger charge is 2.14. The molecule has 0 amide bonds. The van der Waals surface area contributed by atoms with Crippen molar-refractivity contribution in [3.63, 3.8) is 0 Å². The van der Waals surface area contributed by atoms with E-state index < -0.39 is 0 Å². The molecule has 0 bridgehead atoms. The molecule has 2 aromatic rings. The standard InChI is InChI=1S/C16H19NO2S/c1-11(17)16-14(19-3)8-5-9-15(16)20-13-7-4-6-12(10-13)18-2/h4-11H,17H2,1-3H3/t11-/m0/s1. The van der Waals surface area contributed by atoms with E-state index >= 15 is 0 Å². The van der Waals surface area contributed by atoms with Crippen LogP contribution in [0.1, 0.15) is 18.5 Å². The zero-order chi connectivity index (χ0) is 14.5. The Labute approximate surface area is 124 Å². The first-order valence-corrected chi connectivity index (χ1v) is 7.21. The summed E-state index contributed by atoms with van der Waals surface area (Å²) in [5.41, 5.74) is 7.11. The second kappa shape index (κ2) is 6.68. The van der Waals surface area contributed by atoms with Gasteiger partial charge < -0.3 is 15.2 Å². The van der Waals surface area contributed by atoms with Gasteiger partial charge in [0.1, 0.15) is 11.5 Å². The fourth-order valence-electron chi connectivity index (χ4n) is 2.03. The summed E-state index contributed by atoms with van der Waals surface area (Å²) in [5.74, 6) is 1.67.